The van der Waals surface area contributed by atoms with Crippen LogP contribution in [0.15, 0.2) is 66.2 Å². The second-order valence-corrected chi connectivity index (χ2v) is 6.97. The van der Waals surface area contributed by atoms with Gasteiger partial charge in [-0.05, 0) is 49.1 Å². The molecule has 0 radical (unpaired) electrons. The van der Waals surface area contributed by atoms with Gasteiger partial charge in [0.15, 0.2) is 17.5 Å². The van der Waals surface area contributed by atoms with Gasteiger partial charge in [-0.1, -0.05) is 24.3 Å². The Hall–Kier alpha value is -2.75. The zero-order valence-electron chi connectivity index (χ0n) is 18.9. The second-order valence-electron chi connectivity index (χ2n) is 6.97. The maximum Gasteiger partial charge on any atom is 0.191 e. The van der Waals surface area contributed by atoms with Crippen LogP contribution in [0.4, 0.5) is 0 Å². The number of ether oxygens (including phenoxy) is 2. The average molecular weight is 549 g/mol. The highest BCUT2D eigenvalue weighted by atomic mass is 127. The standard InChI is InChI=1S/C24H31N5O2.HI/c1-4-31-23-16-19(11-12-22(23)30-3)8-7-13-27-24(25-2)28-17-20-9-5-6-10-21(20)29-15-14-26-18-29;/h5-6,9-12,14-16,18H,4,7-8,13,17H2,1-3H3,(H2,25,27,28);1H. The zero-order chi connectivity index (χ0) is 21.9. The molecule has 3 rings (SSSR count). The lowest BCUT2D eigenvalue weighted by Gasteiger charge is -2.15. The Labute approximate surface area is 207 Å². The van der Waals surface area contributed by atoms with Gasteiger partial charge in [0.2, 0.25) is 0 Å². The average Bonchev–Trinajstić information content (AvgIpc) is 3.34. The van der Waals surface area contributed by atoms with Gasteiger partial charge in [-0.15, -0.1) is 24.0 Å². The molecule has 8 heteroatoms. The Balaban J connectivity index is 0.00000363. The molecule has 0 atom stereocenters. The minimum atomic E-state index is 0. The molecule has 0 saturated heterocycles. The summed E-state index contributed by atoms with van der Waals surface area (Å²) >= 11 is 0. The SMILES string of the molecule is CCOc1cc(CCCNC(=NC)NCc2ccccc2-n2ccnc2)ccc1OC.I. The summed E-state index contributed by atoms with van der Waals surface area (Å²) in [6.45, 7) is 4.08. The van der Waals surface area contributed by atoms with Crippen LogP contribution in [0.3, 0.4) is 0 Å². The van der Waals surface area contributed by atoms with Crippen molar-refractivity contribution in [1.82, 2.24) is 20.2 Å². The van der Waals surface area contributed by atoms with Gasteiger partial charge in [-0.25, -0.2) is 4.98 Å². The number of aliphatic imine (C=N–C) groups is 1. The summed E-state index contributed by atoms with van der Waals surface area (Å²) in [6.07, 6.45) is 7.46. The lowest BCUT2D eigenvalue weighted by atomic mass is 10.1. The molecule has 1 aromatic heterocycles. The number of benzene rings is 2. The highest BCUT2D eigenvalue weighted by Gasteiger charge is 2.07. The largest absolute Gasteiger partial charge is 0.493 e. The fraction of sp³-hybridized carbons (Fsp3) is 0.333. The van der Waals surface area contributed by atoms with E-state index in [9.17, 15) is 0 Å². The highest BCUT2D eigenvalue weighted by molar-refractivity contribution is 14.0. The molecule has 1 heterocycles. The predicted molar refractivity (Wildman–Crippen MR) is 140 cm³/mol. The quantitative estimate of drug-likeness (QED) is 0.172. The Bertz CT molecular complexity index is 976. The van der Waals surface area contributed by atoms with Crippen molar-refractivity contribution in [2.75, 3.05) is 27.3 Å². The number of rotatable bonds is 10. The molecule has 3 aromatic rings. The van der Waals surface area contributed by atoms with Gasteiger partial charge in [-0.3, -0.25) is 4.99 Å². The molecule has 0 spiro atoms. The summed E-state index contributed by atoms with van der Waals surface area (Å²) in [6, 6.07) is 14.4. The van der Waals surface area contributed by atoms with Crippen molar-refractivity contribution in [3.63, 3.8) is 0 Å². The summed E-state index contributed by atoms with van der Waals surface area (Å²) in [7, 11) is 3.45. The van der Waals surface area contributed by atoms with Gasteiger partial charge in [0.25, 0.3) is 0 Å². The van der Waals surface area contributed by atoms with Crippen LogP contribution in [0.25, 0.3) is 5.69 Å². The number of nitrogens with zero attached hydrogens (tertiary/aromatic N) is 3. The summed E-state index contributed by atoms with van der Waals surface area (Å²) in [5.41, 5.74) is 3.50. The lowest BCUT2D eigenvalue weighted by Crippen LogP contribution is -2.37. The first-order valence-electron chi connectivity index (χ1n) is 10.6. The van der Waals surface area contributed by atoms with Crippen LogP contribution >= 0.6 is 24.0 Å². The van der Waals surface area contributed by atoms with E-state index < -0.39 is 0 Å². The van der Waals surface area contributed by atoms with E-state index in [2.05, 4.69) is 44.9 Å². The van der Waals surface area contributed by atoms with Gasteiger partial charge in [0, 0.05) is 32.5 Å². The van der Waals surface area contributed by atoms with Crippen molar-refractivity contribution in [2.24, 2.45) is 4.99 Å². The molecule has 2 aromatic carbocycles. The van der Waals surface area contributed by atoms with Crippen LogP contribution in [-0.4, -0.2) is 42.8 Å². The predicted octanol–water partition coefficient (Wildman–Crippen LogP) is 4.20. The number of guanidine groups is 1. The highest BCUT2D eigenvalue weighted by Crippen LogP contribution is 2.28. The third kappa shape index (κ3) is 7.15. The maximum absolute atomic E-state index is 5.67. The Kier molecular flexibility index (Phi) is 10.9. The monoisotopic (exact) mass is 549 g/mol. The van der Waals surface area contributed by atoms with Gasteiger partial charge in [0.05, 0.1) is 25.7 Å². The van der Waals surface area contributed by atoms with E-state index in [1.54, 1.807) is 20.4 Å². The molecule has 0 aliphatic carbocycles. The molecule has 2 N–H and O–H groups in total. The molecule has 0 saturated carbocycles. The Morgan fingerprint density at radius 2 is 1.97 bits per heavy atom. The summed E-state index contributed by atoms with van der Waals surface area (Å²) in [5, 5.41) is 6.79. The van der Waals surface area contributed by atoms with E-state index in [0.717, 1.165) is 42.5 Å². The topological polar surface area (TPSA) is 72.7 Å². The van der Waals surface area contributed by atoms with Gasteiger partial charge in [-0.2, -0.15) is 0 Å². The second kappa shape index (κ2) is 13.6. The number of nitrogens with one attached hydrogen (secondary N) is 2. The van der Waals surface area contributed by atoms with Crippen LogP contribution in [0, 0.1) is 0 Å². The Morgan fingerprint density at radius 3 is 2.69 bits per heavy atom. The molecular weight excluding hydrogens is 517 g/mol. The lowest BCUT2D eigenvalue weighted by molar-refractivity contribution is 0.310. The van der Waals surface area contributed by atoms with E-state index in [-0.39, 0.29) is 24.0 Å². The molecule has 32 heavy (non-hydrogen) atoms. The fourth-order valence-electron chi connectivity index (χ4n) is 3.36. The summed E-state index contributed by atoms with van der Waals surface area (Å²) < 4.78 is 13.0. The minimum absolute atomic E-state index is 0. The first-order valence-corrected chi connectivity index (χ1v) is 10.6. The first-order chi connectivity index (χ1) is 15.2. The number of para-hydroxylation sites is 1. The molecule has 172 valence electrons. The number of methoxy groups -OCH3 is 1. The third-order valence-electron chi connectivity index (χ3n) is 4.91. The van der Waals surface area contributed by atoms with Crippen LogP contribution in [0.2, 0.25) is 0 Å². The number of aromatic nitrogens is 2. The number of hydrogen-bond acceptors (Lipinski definition) is 4. The molecule has 0 aliphatic heterocycles. The van der Waals surface area contributed by atoms with Crippen molar-refractivity contribution in [3.8, 4) is 17.2 Å². The number of aryl methyl sites for hydroxylation is 1. The van der Waals surface area contributed by atoms with Crippen molar-refractivity contribution in [1.29, 1.82) is 0 Å². The Morgan fingerprint density at radius 1 is 1.12 bits per heavy atom. The normalized spacial score (nSPS) is 10.9. The van der Waals surface area contributed by atoms with Crippen molar-refractivity contribution in [3.05, 3.63) is 72.3 Å². The van der Waals surface area contributed by atoms with E-state index >= 15 is 0 Å². The fourth-order valence-corrected chi connectivity index (χ4v) is 3.36. The molecule has 0 aliphatic rings. The summed E-state index contributed by atoms with van der Waals surface area (Å²) in [5.74, 6) is 2.35. The van der Waals surface area contributed by atoms with Crippen molar-refractivity contribution >= 4 is 29.9 Å². The van der Waals surface area contributed by atoms with E-state index in [0.29, 0.717) is 13.2 Å². The van der Waals surface area contributed by atoms with Crippen LogP contribution in [0.5, 0.6) is 11.5 Å². The van der Waals surface area contributed by atoms with E-state index in [1.165, 1.54) is 11.1 Å². The number of hydrogen-bond donors (Lipinski definition) is 2. The molecule has 0 bridgehead atoms. The van der Waals surface area contributed by atoms with Gasteiger partial charge >= 0.3 is 0 Å². The van der Waals surface area contributed by atoms with Crippen LogP contribution < -0.4 is 20.1 Å². The molecule has 7 nitrogen and oxygen atoms in total. The minimum Gasteiger partial charge on any atom is -0.493 e. The van der Waals surface area contributed by atoms with E-state index in [1.807, 2.05) is 42.2 Å². The third-order valence-corrected chi connectivity index (χ3v) is 4.91. The molecule has 0 fully saturated rings. The van der Waals surface area contributed by atoms with Gasteiger partial charge in [0.1, 0.15) is 0 Å². The first kappa shape index (κ1) is 25.5. The number of imidazole rings is 1. The molecule has 0 amide bonds. The number of halogens is 1. The van der Waals surface area contributed by atoms with Crippen LogP contribution in [0.1, 0.15) is 24.5 Å². The van der Waals surface area contributed by atoms with Crippen molar-refractivity contribution in [2.45, 2.75) is 26.3 Å². The smallest absolute Gasteiger partial charge is 0.191 e. The zero-order valence-corrected chi connectivity index (χ0v) is 21.2. The maximum atomic E-state index is 5.67. The van der Waals surface area contributed by atoms with Crippen LogP contribution in [-0.2, 0) is 13.0 Å². The molecule has 0 unspecified atom stereocenters. The van der Waals surface area contributed by atoms with Gasteiger partial charge < -0.3 is 24.7 Å². The van der Waals surface area contributed by atoms with Crippen molar-refractivity contribution < 1.29 is 9.47 Å². The summed E-state index contributed by atoms with van der Waals surface area (Å²) in [4.78, 5) is 8.48. The van der Waals surface area contributed by atoms with E-state index in [4.69, 9.17) is 9.47 Å². The molecular formula is C24H32IN5O2.